The molecule has 36 heavy (non-hydrogen) atoms. The summed E-state index contributed by atoms with van der Waals surface area (Å²) < 4.78 is 29.3. The van der Waals surface area contributed by atoms with Gasteiger partial charge in [0.05, 0.1) is 16.3 Å². The lowest BCUT2D eigenvalue weighted by Gasteiger charge is -2.28. The third kappa shape index (κ3) is 5.43. The van der Waals surface area contributed by atoms with Crippen LogP contribution in [0.3, 0.4) is 0 Å². The molecule has 192 valence electrons. The van der Waals surface area contributed by atoms with E-state index in [1.54, 1.807) is 50.5 Å². The number of anilines is 1. The van der Waals surface area contributed by atoms with Crippen molar-refractivity contribution in [3.63, 3.8) is 0 Å². The molecule has 1 unspecified atom stereocenters. The predicted octanol–water partition coefficient (Wildman–Crippen LogP) is 5.36. The Balaban J connectivity index is 2.09. The molecule has 1 aliphatic rings. The zero-order valence-electron chi connectivity index (χ0n) is 21.9. The Kier molecular flexibility index (Phi) is 8.19. The van der Waals surface area contributed by atoms with Crippen molar-refractivity contribution in [1.82, 2.24) is 4.31 Å². The Morgan fingerprint density at radius 1 is 1.14 bits per heavy atom. The van der Waals surface area contributed by atoms with Gasteiger partial charge < -0.3 is 0 Å². The molecule has 3 rings (SSSR count). The van der Waals surface area contributed by atoms with Crippen LogP contribution in [0.1, 0.15) is 62.9 Å². The summed E-state index contributed by atoms with van der Waals surface area (Å²) in [6.07, 6.45) is 4.01. The van der Waals surface area contributed by atoms with E-state index >= 15 is 0 Å². The molecule has 1 atom stereocenters. The van der Waals surface area contributed by atoms with Crippen molar-refractivity contribution in [2.24, 2.45) is 10.4 Å². The van der Waals surface area contributed by atoms with E-state index in [4.69, 9.17) is 0 Å². The van der Waals surface area contributed by atoms with Gasteiger partial charge in [-0.1, -0.05) is 44.5 Å². The van der Waals surface area contributed by atoms with Gasteiger partial charge in [-0.3, -0.25) is 18.9 Å². The fourth-order valence-corrected chi connectivity index (χ4v) is 6.23. The average molecular weight is 510 g/mol. The van der Waals surface area contributed by atoms with Crippen LogP contribution in [0, 0.1) is 12.3 Å². The first-order valence-electron chi connectivity index (χ1n) is 12.1. The number of hydrogen-bond donors (Lipinski definition) is 0. The van der Waals surface area contributed by atoms with Gasteiger partial charge in [0, 0.05) is 32.3 Å². The van der Waals surface area contributed by atoms with E-state index in [-0.39, 0.29) is 16.0 Å². The maximum atomic E-state index is 14.0. The minimum atomic E-state index is -3.99. The maximum Gasteiger partial charge on any atom is 0.265 e. The van der Waals surface area contributed by atoms with Gasteiger partial charge in [0.1, 0.15) is 0 Å². The molecule has 2 amide bonds. The van der Waals surface area contributed by atoms with Gasteiger partial charge in [0.2, 0.25) is 5.91 Å². The fourth-order valence-electron chi connectivity index (χ4n) is 4.66. The van der Waals surface area contributed by atoms with Crippen LogP contribution >= 0.6 is 0 Å². The summed E-state index contributed by atoms with van der Waals surface area (Å²) in [6, 6.07) is 13.0. The number of sulfonamides is 1. The van der Waals surface area contributed by atoms with Crippen molar-refractivity contribution in [3.8, 4) is 0 Å². The van der Waals surface area contributed by atoms with Gasteiger partial charge >= 0.3 is 0 Å². The molecule has 0 spiro atoms. The molecule has 0 N–H and O–H groups in total. The Labute approximate surface area is 214 Å². The molecule has 2 aromatic rings. The number of hydrogen-bond acceptors (Lipinski definition) is 5. The van der Waals surface area contributed by atoms with Crippen molar-refractivity contribution < 1.29 is 18.0 Å². The van der Waals surface area contributed by atoms with Crippen molar-refractivity contribution in [1.29, 1.82) is 0 Å². The lowest BCUT2D eigenvalue weighted by atomic mass is 9.79. The third-order valence-corrected chi connectivity index (χ3v) is 8.79. The first-order chi connectivity index (χ1) is 16.9. The van der Waals surface area contributed by atoms with E-state index in [0.717, 1.165) is 28.9 Å². The third-order valence-electron chi connectivity index (χ3n) is 6.98. The van der Waals surface area contributed by atoms with E-state index in [1.165, 1.54) is 23.4 Å². The van der Waals surface area contributed by atoms with Crippen LogP contribution in [0.5, 0.6) is 0 Å². The standard InChI is InChI=1S/C28H35N3O4S/c1-7-28(5)15-16-30(26(19-29-6)21(3)18-28)36(34,35)24-13-10-12-23(17-24)31(22(4)32)27(33)25-14-9-8-11-20(25)2/h8-14,17,19H,7,15-16,18H2,1-6H3. The van der Waals surface area contributed by atoms with Crippen LogP contribution in [-0.2, 0) is 14.8 Å². The van der Waals surface area contributed by atoms with Crippen LogP contribution in [-0.4, -0.2) is 44.3 Å². The number of allylic oxidation sites excluding steroid dienone is 2. The largest absolute Gasteiger partial charge is 0.294 e. The number of carbonyl (C=O) groups is 2. The summed E-state index contributed by atoms with van der Waals surface area (Å²) in [7, 11) is -2.37. The van der Waals surface area contributed by atoms with Crippen molar-refractivity contribution >= 4 is 33.7 Å². The number of carbonyl (C=O) groups excluding carboxylic acids is 2. The molecule has 0 saturated heterocycles. The normalized spacial score (nSPS) is 18.9. The summed E-state index contributed by atoms with van der Waals surface area (Å²) >= 11 is 0. The predicted molar refractivity (Wildman–Crippen MR) is 144 cm³/mol. The van der Waals surface area contributed by atoms with Crippen molar-refractivity contribution in [3.05, 3.63) is 70.9 Å². The number of amides is 2. The number of imide groups is 1. The van der Waals surface area contributed by atoms with Gasteiger partial charge in [-0.05, 0) is 67.5 Å². The van der Waals surface area contributed by atoms with Crippen LogP contribution in [0.25, 0.3) is 0 Å². The first kappa shape index (κ1) is 27.3. The zero-order valence-corrected chi connectivity index (χ0v) is 22.7. The minimum absolute atomic E-state index is 0.0127. The van der Waals surface area contributed by atoms with Crippen LogP contribution in [0.4, 0.5) is 5.69 Å². The van der Waals surface area contributed by atoms with E-state index < -0.39 is 21.8 Å². The van der Waals surface area contributed by atoms with Crippen LogP contribution < -0.4 is 4.90 Å². The molecular formula is C28H35N3O4S. The lowest BCUT2D eigenvalue weighted by molar-refractivity contribution is -0.115. The van der Waals surface area contributed by atoms with Crippen molar-refractivity contribution in [2.45, 2.75) is 58.8 Å². The quantitative estimate of drug-likeness (QED) is 0.490. The highest BCUT2D eigenvalue weighted by atomic mass is 32.2. The highest BCUT2D eigenvalue weighted by Crippen LogP contribution is 2.39. The van der Waals surface area contributed by atoms with Gasteiger partial charge in [-0.25, -0.2) is 13.3 Å². The highest BCUT2D eigenvalue weighted by molar-refractivity contribution is 7.89. The molecule has 8 heteroatoms. The van der Waals surface area contributed by atoms with Gasteiger partial charge in [-0.2, -0.15) is 0 Å². The Hall–Kier alpha value is -3.26. The maximum absolute atomic E-state index is 14.0. The first-order valence-corrected chi connectivity index (χ1v) is 13.5. The number of aliphatic imine (C=N–C) groups is 1. The molecule has 0 saturated carbocycles. The average Bonchev–Trinajstić information content (AvgIpc) is 2.96. The fraction of sp³-hybridized carbons (Fsp3) is 0.393. The molecule has 2 aromatic carbocycles. The molecule has 7 nitrogen and oxygen atoms in total. The second-order valence-electron chi connectivity index (χ2n) is 9.69. The van der Waals surface area contributed by atoms with E-state index in [0.29, 0.717) is 24.2 Å². The van der Waals surface area contributed by atoms with Gasteiger partial charge in [0.25, 0.3) is 15.9 Å². The lowest BCUT2D eigenvalue weighted by Crippen LogP contribution is -2.36. The molecule has 0 aromatic heterocycles. The molecule has 0 radical (unpaired) electrons. The Morgan fingerprint density at radius 2 is 1.83 bits per heavy atom. The molecule has 0 aliphatic carbocycles. The summed E-state index contributed by atoms with van der Waals surface area (Å²) in [5.74, 6) is -1.00. The summed E-state index contributed by atoms with van der Waals surface area (Å²) in [5, 5.41) is 0. The van der Waals surface area contributed by atoms with E-state index in [1.807, 2.05) is 13.0 Å². The summed E-state index contributed by atoms with van der Waals surface area (Å²) in [4.78, 5) is 31.1. The number of benzene rings is 2. The molecule has 1 heterocycles. The second kappa shape index (κ2) is 10.8. The molecule has 1 aliphatic heterocycles. The second-order valence-corrected chi connectivity index (χ2v) is 11.6. The van der Waals surface area contributed by atoms with Crippen molar-refractivity contribution in [2.75, 3.05) is 18.5 Å². The number of aryl methyl sites for hydroxylation is 1. The van der Waals surface area contributed by atoms with E-state index in [2.05, 4.69) is 18.8 Å². The van der Waals surface area contributed by atoms with Crippen LogP contribution in [0.15, 0.2) is 69.7 Å². The summed E-state index contributed by atoms with van der Waals surface area (Å²) in [6.45, 7) is 9.65. The van der Waals surface area contributed by atoms with Gasteiger partial charge in [0.15, 0.2) is 0 Å². The summed E-state index contributed by atoms with van der Waals surface area (Å²) in [5.41, 5.74) is 2.82. The molecule has 0 bridgehead atoms. The Bertz CT molecular complexity index is 1330. The highest BCUT2D eigenvalue weighted by Gasteiger charge is 2.35. The van der Waals surface area contributed by atoms with Crippen LogP contribution in [0.2, 0.25) is 0 Å². The Morgan fingerprint density at radius 3 is 2.44 bits per heavy atom. The SMILES string of the molecule is CCC1(C)CCN(S(=O)(=O)c2cccc(N(C(C)=O)C(=O)c3ccccc3C)c2)C(C=NC)=C(C)C1. The number of rotatable bonds is 6. The zero-order chi connectivity index (χ0) is 26.7. The molecular weight excluding hydrogens is 474 g/mol. The minimum Gasteiger partial charge on any atom is -0.294 e. The smallest absolute Gasteiger partial charge is 0.265 e. The van der Waals surface area contributed by atoms with E-state index in [9.17, 15) is 18.0 Å². The molecule has 0 fully saturated rings. The number of nitrogens with zero attached hydrogens (tertiary/aromatic N) is 3. The monoisotopic (exact) mass is 509 g/mol. The topological polar surface area (TPSA) is 87.1 Å². The van der Waals surface area contributed by atoms with Gasteiger partial charge in [-0.15, -0.1) is 0 Å².